The van der Waals surface area contributed by atoms with Crippen LogP contribution in [-0.2, 0) is 0 Å². The summed E-state index contributed by atoms with van der Waals surface area (Å²) < 4.78 is 0. The minimum Gasteiger partial charge on any atom is -0.396 e. The smallest absolute Gasteiger partial charge is 0.0493 e. The molecule has 3 saturated carbocycles. The molecule has 5 aliphatic rings. The third-order valence-electron chi connectivity index (χ3n) is 12.7. The highest BCUT2D eigenvalue weighted by atomic mass is 16.3. The van der Waals surface area contributed by atoms with Crippen LogP contribution in [0.4, 0.5) is 0 Å². The van der Waals surface area contributed by atoms with Crippen molar-refractivity contribution in [3.63, 3.8) is 0 Å². The molecule has 0 amide bonds. The predicted octanol–water partition coefficient (Wildman–Crippen LogP) is 7.12. The van der Waals surface area contributed by atoms with Crippen LogP contribution in [0.3, 0.4) is 0 Å². The van der Waals surface area contributed by atoms with Crippen molar-refractivity contribution in [2.45, 2.75) is 118 Å². The van der Waals surface area contributed by atoms with Gasteiger partial charge in [-0.25, -0.2) is 0 Å². The molecule has 0 aromatic rings. The molecule has 32 heavy (non-hydrogen) atoms. The molecule has 1 aliphatic heterocycles. The van der Waals surface area contributed by atoms with Crippen LogP contribution >= 0.6 is 0 Å². The highest BCUT2D eigenvalue weighted by Crippen LogP contribution is 2.74. The normalized spacial score (nSPS) is 51.9. The highest BCUT2D eigenvalue weighted by Gasteiger charge is 2.67. The monoisotopic (exact) mass is 441 g/mol. The lowest BCUT2D eigenvalue weighted by molar-refractivity contribution is -0.161. The van der Waals surface area contributed by atoms with Crippen molar-refractivity contribution in [3.8, 4) is 0 Å². The fraction of sp³-hybridized carbons (Fsp3) is 0.933. The van der Waals surface area contributed by atoms with Crippen LogP contribution in [-0.4, -0.2) is 23.8 Å². The fourth-order valence-electron chi connectivity index (χ4n) is 10.5. The molecule has 2 nitrogen and oxygen atoms in total. The van der Waals surface area contributed by atoms with Crippen LogP contribution in [0, 0.1) is 44.8 Å². The van der Waals surface area contributed by atoms with Gasteiger partial charge in [-0.3, -0.25) is 0 Å². The summed E-state index contributed by atoms with van der Waals surface area (Å²) >= 11 is 0. The van der Waals surface area contributed by atoms with Crippen molar-refractivity contribution in [3.05, 3.63) is 11.6 Å². The van der Waals surface area contributed by atoms with Gasteiger partial charge in [0.05, 0.1) is 0 Å². The third-order valence-corrected chi connectivity index (χ3v) is 12.7. The lowest BCUT2D eigenvalue weighted by atomic mass is 9.35. The van der Waals surface area contributed by atoms with Gasteiger partial charge in [0, 0.05) is 17.6 Å². The lowest BCUT2D eigenvalue weighted by Crippen LogP contribution is -2.64. The first-order chi connectivity index (χ1) is 14.8. The van der Waals surface area contributed by atoms with E-state index in [4.69, 9.17) is 0 Å². The molecule has 2 N–H and O–H groups in total. The Balaban J connectivity index is 1.59. The number of allylic oxidation sites excluding steroid dienone is 2. The van der Waals surface area contributed by atoms with Gasteiger partial charge in [-0.05, 0) is 124 Å². The van der Waals surface area contributed by atoms with E-state index in [2.05, 4.69) is 59.9 Å². The van der Waals surface area contributed by atoms with Gasteiger partial charge in [0.25, 0.3) is 0 Å². The van der Waals surface area contributed by atoms with Crippen molar-refractivity contribution in [2.24, 2.45) is 44.8 Å². The average Bonchev–Trinajstić information content (AvgIpc) is 2.83. The number of hydrogen-bond donors (Lipinski definition) is 2. The summed E-state index contributed by atoms with van der Waals surface area (Å²) in [6, 6.07) is 0. The maximum atomic E-state index is 10.7. The molecule has 1 heterocycles. The van der Waals surface area contributed by atoms with Gasteiger partial charge in [0.2, 0.25) is 0 Å². The molecule has 4 fully saturated rings. The second-order valence-corrected chi connectivity index (χ2v) is 15.0. The zero-order valence-corrected chi connectivity index (χ0v) is 22.2. The van der Waals surface area contributed by atoms with Crippen molar-refractivity contribution < 1.29 is 5.11 Å². The van der Waals surface area contributed by atoms with Crippen molar-refractivity contribution in [2.75, 3.05) is 13.2 Å². The number of aliphatic hydroxyl groups is 1. The Morgan fingerprint density at radius 1 is 0.906 bits per heavy atom. The van der Waals surface area contributed by atoms with E-state index in [1.807, 2.05) is 0 Å². The molecular formula is C30H51NO. The van der Waals surface area contributed by atoms with E-state index in [0.717, 1.165) is 11.8 Å². The summed E-state index contributed by atoms with van der Waals surface area (Å²) in [7, 11) is 0. The van der Waals surface area contributed by atoms with E-state index in [-0.39, 0.29) is 11.0 Å². The summed E-state index contributed by atoms with van der Waals surface area (Å²) in [6.45, 7) is 19.5. The number of rotatable bonds is 1. The predicted molar refractivity (Wildman–Crippen MR) is 134 cm³/mol. The molecule has 0 aromatic carbocycles. The maximum Gasteiger partial charge on any atom is 0.0493 e. The van der Waals surface area contributed by atoms with Crippen molar-refractivity contribution in [1.82, 2.24) is 5.32 Å². The Labute approximate surface area is 198 Å². The summed E-state index contributed by atoms with van der Waals surface area (Å²) in [5.74, 6) is 2.13. The Bertz CT molecular complexity index is 797. The molecule has 1 saturated heterocycles. The van der Waals surface area contributed by atoms with E-state index < -0.39 is 0 Å². The van der Waals surface area contributed by atoms with Gasteiger partial charge in [0.1, 0.15) is 0 Å². The third kappa shape index (κ3) is 2.96. The van der Waals surface area contributed by atoms with Crippen molar-refractivity contribution in [1.29, 1.82) is 0 Å². The van der Waals surface area contributed by atoms with Crippen LogP contribution < -0.4 is 5.32 Å². The van der Waals surface area contributed by atoms with Crippen LogP contribution in [0.5, 0.6) is 0 Å². The SMILES string of the molecule is CC1(C)CC[C@]2(CO)CC[C@]3(C)C(=CC[C@@H]4[C@@]5(C)CCCNC(C)(C)[C@@H]5CC[C@]43C)[C@H]2C1. The summed E-state index contributed by atoms with van der Waals surface area (Å²) in [4.78, 5) is 0. The molecular weight excluding hydrogens is 390 g/mol. The zero-order chi connectivity index (χ0) is 23.2. The fourth-order valence-corrected chi connectivity index (χ4v) is 10.5. The van der Waals surface area contributed by atoms with Gasteiger partial charge >= 0.3 is 0 Å². The largest absolute Gasteiger partial charge is 0.396 e. The number of nitrogens with one attached hydrogen (secondary N) is 1. The maximum absolute atomic E-state index is 10.7. The summed E-state index contributed by atoms with van der Waals surface area (Å²) in [5, 5.41) is 14.6. The number of aliphatic hydroxyl groups excluding tert-OH is 1. The number of fused-ring (bicyclic) bond motifs is 7. The van der Waals surface area contributed by atoms with E-state index in [1.54, 1.807) is 5.57 Å². The molecule has 4 aliphatic carbocycles. The standard InChI is InChI=1S/C30H51NO/c1-25(2)14-16-30(20-32)17-15-28(6)21(22(30)19-25)9-10-24-27(5)12-8-18-31-26(3,4)23(27)11-13-29(24,28)7/h9,22-24,31-32H,8,10-20H2,1-7H3/t22-,23+,24-,27+,28-,29-,30-/m1/s1. The Morgan fingerprint density at radius 3 is 2.34 bits per heavy atom. The second-order valence-electron chi connectivity index (χ2n) is 15.0. The van der Waals surface area contributed by atoms with E-state index >= 15 is 0 Å². The molecule has 182 valence electrons. The topological polar surface area (TPSA) is 32.3 Å². The minimum absolute atomic E-state index is 0.152. The number of hydrogen-bond acceptors (Lipinski definition) is 2. The second kappa shape index (κ2) is 7.09. The Kier molecular flexibility index (Phi) is 5.19. The van der Waals surface area contributed by atoms with Gasteiger partial charge in [-0.15, -0.1) is 0 Å². The minimum atomic E-state index is 0.152. The van der Waals surface area contributed by atoms with Crippen LogP contribution in [0.25, 0.3) is 0 Å². The average molecular weight is 442 g/mol. The molecule has 5 rings (SSSR count). The van der Waals surface area contributed by atoms with Gasteiger partial charge < -0.3 is 10.4 Å². The Morgan fingerprint density at radius 2 is 1.62 bits per heavy atom. The molecule has 0 unspecified atom stereocenters. The summed E-state index contributed by atoms with van der Waals surface area (Å²) in [6.07, 6.45) is 15.7. The quantitative estimate of drug-likeness (QED) is 0.424. The highest BCUT2D eigenvalue weighted by molar-refractivity contribution is 5.33. The van der Waals surface area contributed by atoms with Crippen LogP contribution in [0.1, 0.15) is 113 Å². The van der Waals surface area contributed by atoms with E-state index in [1.165, 1.54) is 70.8 Å². The van der Waals surface area contributed by atoms with E-state index in [0.29, 0.717) is 34.2 Å². The molecule has 0 bridgehead atoms. The molecule has 0 radical (unpaired) electrons. The zero-order valence-electron chi connectivity index (χ0n) is 22.2. The van der Waals surface area contributed by atoms with Crippen LogP contribution in [0.15, 0.2) is 11.6 Å². The lowest BCUT2D eigenvalue weighted by Gasteiger charge is -2.70. The van der Waals surface area contributed by atoms with Crippen LogP contribution in [0.2, 0.25) is 0 Å². The summed E-state index contributed by atoms with van der Waals surface area (Å²) in [5.41, 5.74) is 3.67. The molecule has 0 spiro atoms. The van der Waals surface area contributed by atoms with Gasteiger partial charge in [-0.2, -0.15) is 0 Å². The van der Waals surface area contributed by atoms with E-state index in [9.17, 15) is 5.11 Å². The molecule has 2 heteroatoms. The Hall–Kier alpha value is -0.340. The molecule has 0 aromatic heterocycles. The first-order valence-corrected chi connectivity index (χ1v) is 13.9. The first-order valence-electron chi connectivity index (χ1n) is 13.9. The molecule has 7 atom stereocenters. The first kappa shape index (κ1) is 23.4. The van der Waals surface area contributed by atoms with Gasteiger partial charge in [-0.1, -0.05) is 46.3 Å². The van der Waals surface area contributed by atoms with Crippen molar-refractivity contribution >= 4 is 0 Å². The van der Waals surface area contributed by atoms with Gasteiger partial charge in [0.15, 0.2) is 0 Å².